The second-order valence-corrected chi connectivity index (χ2v) is 8.77. The molecule has 0 saturated carbocycles. The van der Waals surface area contributed by atoms with E-state index in [1.54, 1.807) is 0 Å². The molecule has 0 bridgehead atoms. The molecule has 1 aromatic heterocycles. The Morgan fingerprint density at radius 2 is 1.90 bits per heavy atom. The van der Waals surface area contributed by atoms with Crippen molar-refractivity contribution in [1.29, 1.82) is 0 Å². The average Bonchev–Trinajstić information content (AvgIpc) is 3.12. The maximum absolute atomic E-state index is 12.8. The highest BCUT2D eigenvalue weighted by molar-refractivity contribution is 7.20. The highest BCUT2D eigenvalue weighted by atomic mass is 35.5. The Balaban J connectivity index is 1.33. The van der Waals surface area contributed by atoms with E-state index in [4.69, 9.17) is 21.1 Å². The summed E-state index contributed by atoms with van der Waals surface area (Å²) < 4.78 is 12.7. The van der Waals surface area contributed by atoms with Crippen molar-refractivity contribution >= 4 is 39.1 Å². The fourth-order valence-corrected chi connectivity index (χ4v) is 4.58. The Morgan fingerprint density at radius 3 is 2.55 bits per heavy atom. The molecule has 1 aliphatic heterocycles. The summed E-state index contributed by atoms with van der Waals surface area (Å²) in [7, 11) is 0. The number of rotatable bonds is 5. The first kappa shape index (κ1) is 20.0. The summed E-state index contributed by atoms with van der Waals surface area (Å²) >= 11 is 7.70. The standard InChI is InChI=1S/C22H23ClN2O3S/c1-14(2)27-16-8-6-15(7-9-16)21(26)25-12-10-17(11-13-25)28-22-24-20-18(23)4-3-5-19(20)29-22/h3-9,14,17H,10-13H2,1-2H3. The van der Waals surface area contributed by atoms with E-state index in [2.05, 4.69) is 4.98 Å². The molecule has 2 heterocycles. The van der Waals surface area contributed by atoms with Crippen LogP contribution in [0.4, 0.5) is 0 Å². The molecule has 0 unspecified atom stereocenters. The Labute approximate surface area is 179 Å². The molecule has 5 nitrogen and oxygen atoms in total. The highest BCUT2D eigenvalue weighted by Gasteiger charge is 2.25. The first-order valence-electron chi connectivity index (χ1n) is 9.77. The second kappa shape index (κ2) is 8.59. The van der Waals surface area contributed by atoms with Gasteiger partial charge in [-0.25, -0.2) is 4.98 Å². The third-order valence-corrected chi connectivity index (χ3v) is 6.04. The number of benzene rings is 2. The lowest BCUT2D eigenvalue weighted by atomic mass is 10.1. The van der Waals surface area contributed by atoms with E-state index in [0.29, 0.717) is 28.9 Å². The van der Waals surface area contributed by atoms with Crippen molar-refractivity contribution in [3.05, 3.63) is 53.1 Å². The number of para-hydroxylation sites is 1. The third kappa shape index (κ3) is 4.65. The number of nitrogens with zero attached hydrogens (tertiary/aromatic N) is 2. The van der Waals surface area contributed by atoms with Crippen molar-refractivity contribution in [1.82, 2.24) is 9.88 Å². The Bertz CT molecular complexity index is 995. The first-order valence-corrected chi connectivity index (χ1v) is 11.0. The summed E-state index contributed by atoms with van der Waals surface area (Å²) in [5.74, 6) is 0.825. The maximum atomic E-state index is 12.8. The monoisotopic (exact) mass is 430 g/mol. The number of aromatic nitrogens is 1. The summed E-state index contributed by atoms with van der Waals surface area (Å²) in [4.78, 5) is 19.2. The van der Waals surface area contributed by atoms with Crippen molar-refractivity contribution in [2.75, 3.05) is 13.1 Å². The number of hydrogen-bond donors (Lipinski definition) is 0. The zero-order chi connectivity index (χ0) is 20.4. The molecule has 0 spiro atoms. The third-order valence-electron chi connectivity index (χ3n) is 4.82. The van der Waals surface area contributed by atoms with Crippen molar-refractivity contribution in [2.24, 2.45) is 0 Å². The molecule has 0 aliphatic carbocycles. The molecule has 0 atom stereocenters. The Kier molecular flexibility index (Phi) is 5.92. The molecule has 29 heavy (non-hydrogen) atoms. The van der Waals surface area contributed by atoms with Crippen molar-refractivity contribution < 1.29 is 14.3 Å². The largest absolute Gasteiger partial charge is 0.491 e. The van der Waals surface area contributed by atoms with Gasteiger partial charge in [0.2, 0.25) is 0 Å². The van der Waals surface area contributed by atoms with Crippen LogP contribution in [0.2, 0.25) is 5.02 Å². The SMILES string of the molecule is CC(C)Oc1ccc(C(=O)N2CCC(Oc3nc4c(Cl)cccc4s3)CC2)cc1. The van der Waals surface area contributed by atoms with Crippen LogP contribution in [0.15, 0.2) is 42.5 Å². The lowest BCUT2D eigenvalue weighted by molar-refractivity contribution is 0.0595. The number of ether oxygens (including phenoxy) is 2. The lowest BCUT2D eigenvalue weighted by Crippen LogP contribution is -2.41. The van der Waals surface area contributed by atoms with Crippen LogP contribution in [-0.2, 0) is 0 Å². The summed E-state index contributed by atoms with van der Waals surface area (Å²) in [6, 6.07) is 13.1. The fraction of sp³-hybridized carbons (Fsp3) is 0.364. The van der Waals surface area contributed by atoms with Crippen LogP contribution in [0.5, 0.6) is 10.9 Å². The molecule has 1 amide bonds. The molecule has 4 rings (SSSR count). The van der Waals surface area contributed by atoms with E-state index in [0.717, 1.165) is 28.8 Å². The van der Waals surface area contributed by atoms with Crippen LogP contribution in [-0.4, -0.2) is 41.1 Å². The van der Waals surface area contributed by atoms with Gasteiger partial charge in [0, 0.05) is 31.5 Å². The number of piperidine rings is 1. The first-order chi connectivity index (χ1) is 14.0. The van der Waals surface area contributed by atoms with Crippen molar-refractivity contribution in [3.63, 3.8) is 0 Å². The van der Waals surface area contributed by atoms with Gasteiger partial charge in [-0.3, -0.25) is 4.79 Å². The molecule has 1 saturated heterocycles. The summed E-state index contributed by atoms with van der Waals surface area (Å²) in [6.07, 6.45) is 1.73. The highest BCUT2D eigenvalue weighted by Crippen LogP contribution is 2.33. The minimum Gasteiger partial charge on any atom is -0.491 e. The topological polar surface area (TPSA) is 51.7 Å². The van der Waals surface area contributed by atoms with E-state index in [9.17, 15) is 4.79 Å². The van der Waals surface area contributed by atoms with Gasteiger partial charge in [-0.05, 0) is 50.2 Å². The maximum Gasteiger partial charge on any atom is 0.274 e. The molecule has 1 fully saturated rings. The van der Waals surface area contributed by atoms with Crippen LogP contribution < -0.4 is 9.47 Å². The van der Waals surface area contributed by atoms with Gasteiger partial charge >= 0.3 is 0 Å². The molecular weight excluding hydrogens is 408 g/mol. The smallest absolute Gasteiger partial charge is 0.274 e. The Hall–Kier alpha value is -2.31. The molecule has 152 valence electrons. The average molecular weight is 431 g/mol. The number of fused-ring (bicyclic) bond motifs is 1. The van der Waals surface area contributed by atoms with Gasteiger partial charge in [0.05, 0.1) is 15.8 Å². The van der Waals surface area contributed by atoms with Gasteiger partial charge in [-0.15, -0.1) is 0 Å². The second-order valence-electron chi connectivity index (χ2n) is 7.37. The number of halogens is 1. The van der Waals surface area contributed by atoms with Gasteiger partial charge in [-0.2, -0.15) is 0 Å². The quantitative estimate of drug-likeness (QED) is 0.542. The van der Waals surface area contributed by atoms with Crippen molar-refractivity contribution in [3.8, 4) is 10.9 Å². The zero-order valence-corrected chi connectivity index (χ0v) is 18.0. The van der Waals surface area contributed by atoms with E-state index in [1.165, 1.54) is 11.3 Å². The predicted molar refractivity (Wildman–Crippen MR) is 116 cm³/mol. The van der Waals surface area contributed by atoms with Gasteiger partial charge < -0.3 is 14.4 Å². The minimum atomic E-state index is 0.0475. The fourth-order valence-electron chi connectivity index (χ4n) is 3.40. The lowest BCUT2D eigenvalue weighted by Gasteiger charge is -2.31. The molecule has 1 aliphatic rings. The molecular formula is C22H23ClN2O3S. The van der Waals surface area contributed by atoms with Gasteiger partial charge in [0.25, 0.3) is 11.1 Å². The molecule has 0 radical (unpaired) electrons. The van der Waals surface area contributed by atoms with E-state index in [1.807, 2.05) is 61.2 Å². The van der Waals surface area contributed by atoms with E-state index in [-0.39, 0.29) is 18.1 Å². The predicted octanol–water partition coefficient (Wildman–Crippen LogP) is 5.42. The summed E-state index contributed by atoms with van der Waals surface area (Å²) in [5, 5.41) is 1.28. The van der Waals surface area contributed by atoms with Gasteiger partial charge in [0.15, 0.2) is 0 Å². The zero-order valence-electron chi connectivity index (χ0n) is 16.4. The number of amides is 1. The number of hydrogen-bond acceptors (Lipinski definition) is 5. The van der Waals surface area contributed by atoms with Crippen LogP contribution in [0.1, 0.15) is 37.0 Å². The van der Waals surface area contributed by atoms with E-state index >= 15 is 0 Å². The van der Waals surface area contributed by atoms with Crippen LogP contribution >= 0.6 is 22.9 Å². The van der Waals surface area contributed by atoms with Crippen LogP contribution in [0.3, 0.4) is 0 Å². The number of thiazole rings is 1. The number of carbonyl (C=O) groups excluding carboxylic acids is 1. The summed E-state index contributed by atoms with van der Waals surface area (Å²) in [5.41, 5.74) is 1.47. The van der Waals surface area contributed by atoms with Crippen LogP contribution in [0, 0.1) is 0 Å². The van der Waals surface area contributed by atoms with Gasteiger partial charge in [0.1, 0.15) is 17.4 Å². The molecule has 7 heteroatoms. The molecule has 2 aromatic carbocycles. The minimum absolute atomic E-state index is 0.0475. The van der Waals surface area contributed by atoms with Gasteiger partial charge in [-0.1, -0.05) is 29.0 Å². The van der Waals surface area contributed by atoms with E-state index < -0.39 is 0 Å². The molecule has 0 N–H and O–H groups in total. The van der Waals surface area contributed by atoms with Crippen molar-refractivity contribution in [2.45, 2.75) is 38.9 Å². The number of carbonyl (C=O) groups is 1. The summed E-state index contributed by atoms with van der Waals surface area (Å²) in [6.45, 7) is 5.29. The Morgan fingerprint density at radius 1 is 1.17 bits per heavy atom. The number of likely N-dealkylation sites (tertiary alicyclic amines) is 1. The normalized spacial score (nSPS) is 15.1. The molecule has 3 aromatic rings. The van der Waals surface area contributed by atoms with Crippen LogP contribution in [0.25, 0.3) is 10.2 Å².